The minimum absolute atomic E-state index is 0.167. The van der Waals surface area contributed by atoms with Gasteiger partial charge in [0, 0.05) is 16.8 Å². The first kappa shape index (κ1) is 12.1. The molecule has 0 aliphatic rings. The molecule has 2 N–H and O–H groups in total. The highest BCUT2D eigenvalue weighted by atomic mass is 32.2. The zero-order chi connectivity index (χ0) is 13.5. The molecule has 0 fully saturated rings. The van der Waals surface area contributed by atoms with Gasteiger partial charge in [0.25, 0.3) is 0 Å². The summed E-state index contributed by atoms with van der Waals surface area (Å²) in [4.78, 5) is 8.46. The van der Waals surface area contributed by atoms with E-state index in [0.29, 0.717) is 21.7 Å². The molecule has 8 heteroatoms. The molecule has 0 saturated carbocycles. The van der Waals surface area contributed by atoms with Gasteiger partial charge < -0.3 is 10.2 Å². The second kappa shape index (κ2) is 4.32. The summed E-state index contributed by atoms with van der Waals surface area (Å²) in [5, 5.41) is -0.290. The van der Waals surface area contributed by atoms with Gasteiger partial charge in [-0.2, -0.15) is 4.98 Å². The van der Waals surface area contributed by atoms with E-state index in [0.717, 1.165) is 0 Å². The molecule has 2 aromatic heterocycles. The van der Waals surface area contributed by atoms with E-state index >= 15 is 0 Å². The fourth-order valence-corrected chi connectivity index (χ4v) is 3.76. The number of sulfone groups is 1. The largest absolute Gasteiger partial charge is 0.428 e. The highest BCUT2D eigenvalue weighted by Gasteiger charge is 2.23. The molecular weight excluding hydrogens is 286 g/mol. The molecule has 0 radical (unpaired) electrons. The number of aromatic nitrogens is 2. The Morgan fingerprint density at radius 2 is 2.21 bits per heavy atom. The molecule has 1 aromatic carbocycles. The first-order chi connectivity index (χ1) is 9.04. The lowest BCUT2D eigenvalue weighted by Gasteiger charge is -1.95. The summed E-state index contributed by atoms with van der Waals surface area (Å²) in [6.07, 6.45) is 1.52. The van der Waals surface area contributed by atoms with Gasteiger partial charge in [0.05, 0.1) is 11.3 Å². The van der Waals surface area contributed by atoms with Gasteiger partial charge in [-0.3, -0.25) is 4.98 Å². The summed E-state index contributed by atoms with van der Waals surface area (Å²) < 4.78 is 29.6. The third kappa shape index (κ3) is 2.32. The van der Waals surface area contributed by atoms with Gasteiger partial charge in [0.15, 0.2) is 5.58 Å². The molecule has 0 aliphatic heterocycles. The number of fused-ring (bicyclic) bond motifs is 1. The van der Waals surface area contributed by atoms with Crippen LogP contribution in [0.25, 0.3) is 11.1 Å². The number of hydrogen-bond acceptors (Lipinski definition) is 7. The van der Waals surface area contributed by atoms with Crippen molar-refractivity contribution in [2.24, 2.45) is 0 Å². The first-order valence-corrected chi connectivity index (χ1v) is 7.84. The zero-order valence-electron chi connectivity index (χ0n) is 9.61. The second-order valence-corrected chi connectivity index (χ2v) is 6.77. The van der Waals surface area contributed by atoms with Crippen LogP contribution in [0.3, 0.4) is 0 Å². The van der Waals surface area contributed by atoms with E-state index in [9.17, 15) is 8.42 Å². The Morgan fingerprint density at radius 1 is 1.37 bits per heavy atom. The van der Waals surface area contributed by atoms with E-state index in [1.807, 2.05) is 0 Å². The number of anilines is 1. The van der Waals surface area contributed by atoms with Crippen molar-refractivity contribution in [1.29, 1.82) is 0 Å². The smallest absolute Gasteiger partial charge is 0.316 e. The van der Waals surface area contributed by atoms with E-state index in [1.54, 1.807) is 23.7 Å². The van der Waals surface area contributed by atoms with Gasteiger partial charge in [-0.25, -0.2) is 8.42 Å². The Morgan fingerprint density at radius 3 is 2.95 bits per heavy atom. The van der Waals surface area contributed by atoms with Crippen molar-refractivity contribution in [3.8, 4) is 0 Å². The van der Waals surface area contributed by atoms with Gasteiger partial charge in [0.2, 0.25) is 9.84 Å². The molecule has 0 atom stereocenters. The van der Waals surface area contributed by atoms with E-state index in [-0.39, 0.29) is 11.0 Å². The SMILES string of the molecule is Nc1ccc2oc(S(=O)(=O)Cc3cncs3)nc2c1. The van der Waals surface area contributed by atoms with Crippen molar-refractivity contribution < 1.29 is 12.8 Å². The minimum Gasteiger partial charge on any atom is -0.428 e. The number of hydrogen-bond donors (Lipinski definition) is 1. The molecule has 3 aromatic rings. The molecule has 2 heterocycles. The third-order valence-electron chi connectivity index (χ3n) is 2.47. The van der Waals surface area contributed by atoms with Crippen molar-refractivity contribution in [3.05, 3.63) is 34.8 Å². The predicted octanol–water partition coefficient (Wildman–Crippen LogP) is 1.84. The van der Waals surface area contributed by atoms with Crippen LogP contribution >= 0.6 is 11.3 Å². The summed E-state index contributed by atoms with van der Waals surface area (Å²) in [6, 6.07) is 4.81. The maximum atomic E-state index is 12.1. The highest BCUT2D eigenvalue weighted by molar-refractivity contribution is 7.90. The molecule has 0 bridgehead atoms. The van der Waals surface area contributed by atoms with Gasteiger partial charge in [0.1, 0.15) is 5.52 Å². The fourth-order valence-electron chi connectivity index (χ4n) is 1.62. The molecule has 0 aliphatic carbocycles. The summed E-state index contributed by atoms with van der Waals surface area (Å²) in [7, 11) is -3.61. The number of rotatable bonds is 3. The normalized spacial score (nSPS) is 12.0. The van der Waals surface area contributed by atoms with Crippen molar-refractivity contribution in [2.45, 2.75) is 11.0 Å². The van der Waals surface area contributed by atoms with E-state index in [2.05, 4.69) is 9.97 Å². The maximum absolute atomic E-state index is 12.1. The van der Waals surface area contributed by atoms with E-state index in [1.165, 1.54) is 17.5 Å². The van der Waals surface area contributed by atoms with Gasteiger partial charge in [-0.05, 0) is 18.2 Å². The molecule has 19 heavy (non-hydrogen) atoms. The summed E-state index contributed by atoms with van der Waals surface area (Å²) in [5.41, 5.74) is 8.54. The molecule has 0 saturated heterocycles. The van der Waals surface area contributed by atoms with Gasteiger partial charge >= 0.3 is 5.22 Å². The summed E-state index contributed by atoms with van der Waals surface area (Å²) in [5.74, 6) is -0.167. The number of thiazole rings is 1. The molecule has 3 rings (SSSR count). The monoisotopic (exact) mass is 295 g/mol. The van der Waals surface area contributed by atoms with E-state index < -0.39 is 9.84 Å². The Kier molecular flexibility index (Phi) is 2.76. The zero-order valence-corrected chi connectivity index (χ0v) is 11.2. The number of nitrogen functional groups attached to an aromatic ring is 1. The number of benzene rings is 1. The molecular formula is C11H9N3O3S2. The minimum atomic E-state index is -3.61. The van der Waals surface area contributed by atoms with E-state index in [4.69, 9.17) is 10.2 Å². The molecule has 0 unspecified atom stereocenters. The van der Waals surface area contributed by atoms with Crippen LogP contribution in [0.15, 0.2) is 39.5 Å². The predicted molar refractivity (Wildman–Crippen MR) is 71.4 cm³/mol. The molecule has 98 valence electrons. The van der Waals surface area contributed by atoms with Crippen LogP contribution in [-0.4, -0.2) is 18.4 Å². The topological polar surface area (TPSA) is 99.1 Å². The Labute approximate surface area is 112 Å². The average Bonchev–Trinajstić information content (AvgIpc) is 2.96. The van der Waals surface area contributed by atoms with Crippen LogP contribution in [0.1, 0.15) is 4.88 Å². The van der Waals surface area contributed by atoms with Crippen LogP contribution in [0.4, 0.5) is 5.69 Å². The summed E-state index contributed by atoms with van der Waals surface area (Å²) in [6.45, 7) is 0. The first-order valence-electron chi connectivity index (χ1n) is 5.31. The van der Waals surface area contributed by atoms with Crippen molar-refractivity contribution in [1.82, 2.24) is 9.97 Å². The van der Waals surface area contributed by atoms with Crippen molar-refractivity contribution in [3.63, 3.8) is 0 Å². The lowest BCUT2D eigenvalue weighted by molar-refractivity contribution is 0.458. The number of oxazole rings is 1. The van der Waals surface area contributed by atoms with Crippen LogP contribution in [-0.2, 0) is 15.6 Å². The summed E-state index contributed by atoms with van der Waals surface area (Å²) >= 11 is 1.27. The van der Waals surface area contributed by atoms with Gasteiger partial charge in [-0.1, -0.05) is 0 Å². The van der Waals surface area contributed by atoms with Crippen LogP contribution < -0.4 is 5.73 Å². The lowest BCUT2D eigenvalue weighted by Crippen LogP contribution is -2.04. The van der Waals surface area contributed by atoms with Crippen LogP contribution in [0.5, 0.6) is 0 Å². The quantitative estimate of drug-likeness (QED) is 0.740. The number of nitrogens with two attached hydrogens (primary N) is 1. The molecule has 6 nitrogen and oxygen atoms in total. The van der Waals surface area contributed by atoms with Gasteiger partial charge in [-0.15, -0.1) is 11.3 Å². The third-order valence-corrected chi connectivity index (χ3v) is 4.83. The average molecular weight is 295 g/mol. The highest BCUT2D eigenvalue weighted by Crippen LogP contribution is 2.24. The van der Waals surface area contributed by atoms with Crippen molar-refractivity contribution in [2.75, 3.05) is 5.73 Å². The second-order valence-electron chi connectivity index (χ2n) is 3.93. The lowest BCUT2D eigenvalue weighted by atomic mass is 10.3. The standard InChI is InChI=1S/C11H9N3O3S2/c12-7-1-2-10-9(3-7)14-11(17-10)19(15,16)5-8-4-13-6-18-8/h1-4,6H,5,12H2. The Hall–Kier alpha value is -1.93. The molecule has 0 amide bonds. The van der Waals surface area contributed by atoms with Crippen molar-refractivity contribution >= 4 is 38.0 Å². The Bertz CT molecular complexity index is 822. The Balaban J connectivity index is 2.03. The number of nitrogens with zero attached hydrogens (tertiary/aromatic N) is 2. The maximum Gasteiger partial charge on any atom is 0.316 e. The molecule has 0 spiro atoms. The fraction of sp³-hybridized carbons (Fsp3) is 0.0909. The van der Waals surface area contributed by atoms with Crippen LogP contribution in [0, 0.1) is 0 Å². The van der Waals surface area contributed by atoms with Crippen LogP contribution in [0.2, 0.25) is 0 Å².